The summed E-state index contributed by atoms with van der Waals surface area (Å²) in [5, 5.41) is 1.64. The van der Waals surface area contributed by atoms with E-state index in [-0.39, 0.29) is 0 Å². The van der Waals surface area contributed by atoms with E-state index in [1.54, 1.807) is 6.26 Å². The van der Waals surface area contributed by atoms with E-state index in [4.69, 9.17) is 10.5 Å². The molecule has 0 saturated heterocycles. The molecule has 0 saturated carbocycles. The van der Waals surface area contributed by atoms with Crippen molar-refractivity contribution in [2.45, 2.75) is 39.5 Å². The third kappa shape index (κ3) is 3.30. The third-order valence-corrected chi connectivity index (χ3v) is 5.71. The highest BCUT2D eigenvalue weighted by Crippen LogP contribution is 2.42. The van der Waals surface area contributed by atoms with Crippen LogP contribution < -0.4 is 20.9 Å². The molecule has 0 aliphatic carbocycles. The van der Waals surface area contributed by atoms with Gasteiger partial charge in [-0.2, -0.15) is 0 Å². The van der Waals surface area contributed by atoms with Crippen molar-refractivity contribution in [2.24, 2.45) is 5.73 Å². The van der Waals surface area contributed by atoms with Gasteiger partial charge in [-0.1, -0.05) is 82.3 Å². The van der Waals surface area contributed by atoms with E-state index in [1.165, 1.54) is 16.7 Å². The predicted octanol–water partition coefficient (Wildman–Crippen LogP) is 4.42. The van der Waals surface area contributed by atoms with Gasteiger partial charge in [-0.15, -0.1) is 0 Å². The molecule has 3 aromatic rings. The van der Waals surface area contributed by atoms with Crippen molar-refractivity contribution in [3.63, 3.8) is 0 Å². The van der Waals surface area contributed by atoms with Crippen molar-refractivity contribution in [1.29, 1.82) is 0 Å². The standard InChI is InChI=1S/C27H27NO2/c1-16(2)19-11-7-12-20(17(3)4)24(19)22-13-8-14-23-25(22)26(27(28)29)21-10-6-5-9-18(21)15-30-23/h5-17H,1-4H3,(H2,28,29). The van der Waals surface area contributed by atoms with Gasteiger partial charge in [-0.25, -0.2) is 0 Å². The van der Waals surface area contributed by atoms with Crippen molar-refractivity contribution in [1.82, 2.24) is 0 Å². The molecule has 1 heterocycles. The second-order valence-electron chi connectivity index (χ2n) is 8.36. The monoisotopic (exact) mass is 397 g/mol. The summed E-state index contributed by atoms with van der Waals surface area (Å²) in [6, 6.07) is 20.1. The lowest BCUT2D eigenvalue weighted by molar-refractivity contribution is -0.112. The second-order valence-corrected chi connectivity index (χ2v) is 8.36. The lowest BCUT2D eigenvalue weighted by Gasteiger charge is -2.23. The van der Waals surface area contributed by atoms with Gasteiger partial charge in [0.1, 0.15) is 5.75 Å². The van der Waals surface area contributed by atoms with E-state index < -0.39 is 5.91 Å². The molecule has 4 rings (SSSR count). The number of primary amides is 1. The Morgan fingerprint density at radius 3 is 2.07 bits per heavy atom. The molecule has 0 unspecified atom stereocenters. The number of carbonyl (C=O) groups excluding carboxylic acids is 1. The van der Waals surface area contributed by atoms with Crippen molar-refractivity contribution in [2.75, 3.05) is 0 Å². The molecule has 1 aliphatic rings. The maximum atomic E-state index is 12.8. The average molecular weight is 398 g/mol. The van der Waals surface area contributed by atoms with E-state index in [0.29, 0.717) is 23.2 Å². The van der Waals surface area contributed by atoms with E-state index in [1.807, 2.05) is 36.4 Å². The summed E-state index contributed by atoms with van der Waals surface area (Å²) in [7, 11) is 0. The summed E-state index contributed by atoms with van der Waals surface area (Å²) in [5.74, 6) is 0.850. The molecular formula is C27H27NO2. The van der Waals surface area contributed by atoms with Crippen LogP contribution in [-0.4, -0.2) is 5.91 Å². The van der Waals surface area contributed by atoms with Crippen molar-refractivity contribution >= 4 is 17.7 Å². The van der Waals surface area contributed by atoms with Gasteiger partial charge in [0.05, 0.1) is 11.8 Å². The first-order valence-electron chi connectivity index (χ1n) is 10.4. The number of fused-ring (bicyclic) bond motifs is 2. The summed E-state index contributed by atoms with van der Waals surface area (Å²) in [4.78, 5) is 12.8. The quantitative estimate of drug-likeness (QED) is 0.709. The van der Waals surface area contributed by atoms with Crippen LogP contribution in [0.4, 0.5) is 0 Å². The molecule has 3 aromatic carbocycles. The first-order valence-corrected chi connectivity index (χ1v) is 10.4. The zero-order valence-corrected chi connectivity index (χ0v) is 17.9. The lowest BCUT2D eigenvalue weighted by atomic mass is 9.81. The third-order valence-electron chi connectivity index (χ3n) is 5.71. The van der Waals surface area contributed by atoms with Crippen LogP contribution >= 0.6 is 0 Å². The van der Waals surface area contributed by atoms with Crippen LogP contribution in [0.3, 0.4) is 0 Å². The van der Waals surface area contributed by atoms with Crippen LogP contribution in [0.1, 0.15) is 56.2 Å². The summed E-state index contributed by atoms with van der Waals surface area (Å²) in [6.45, 7) is 8.79. The Morgan fingerprint density at radius 2 is 1.43 bits per heavy atom. The van der Waals surface area contributed by atoms with E-state index >= 15 is 0 Å². The number of carbonyl (C=O) groups is 1. The van der Waals surface area contributed by atoms with Crippen molar-refractivity contribution in [3.8, 4) is 16.9 Å². The highest BCUT2D eigenvalue weighted by molar-refractivity contribution is 6.21. The van der Waals surface area contributed by atoms with Gasteiger partial charge in [0.15, 0.2) is 0 Å². The van der Waals surface area contributed by atoms with E-state index in [9.17, 15) is 4.79 Å². The molecule has 1 aliphatic heterocycles. The second kappa shape index (κ2) is 7.83. The van der Waals surface area contributed by atoms with Crippen molar-refractivity contribution < 1.29 is 9.53 Å². The number of benzene rings is 3. The largest absolute Gasteiger partial charge is 0.464 e. The number of hydrogen-bond donors (Lipinski definition) is 1. The Kier molecular flexibility index (Phi) is 5.21. The van der Waals surface area contributed by atoms with Gasteiger partial charge in [0.2, 0.25) is 5.91 Å². The molecule has 0 bridgehead atoms. The average Bonchev–Trinajstić information content (AvgIpc) is 2.90. The minimum Gasteiger partial charge on any atom is -0.464 e. The van der Waals surface area contributed by atoms with Gasteiger partial charge in [0, 0.05) is 10.8 Å². The van der Waals surface area contributed by atoms with E-state index in [2.05, 4.69) is 52.0 Å². The molecule has 30 heavy (non-hydrogen) atoms. The Bertz CT molecular complexity index is 1230. The van der Waals surface area contributed by atoms with Gasteiger partial charge < -0.3 is 10.5 Å². The molecule has 3 heteroatoms. The fourth-order valence-corrected chi connectivity index (χ4v) is 4.30. The van der Waals surface area contributed by atoms with Crippen LogP contribution in [0.25, 0.3) is 23.0 Å². The maximum Gasteiger partial charge on any atom is 0.250 e. The Balaban J connectivity index is 2.18. The first kappa shape index (κ1) is 20.0. The number of rotatable bonds is 4. The Labute approximate surface area is 177 Å². The molecular weight excluding hydrogens is 370 g/mol. The summed E-state index contributed by atoms with van der Waals surface area (Å²) in [6.07, 6.45) is 1.70. The smallest absolute Gasteiger partial charge is 0.250 e. The molecule has 0 aromatic heterocycles. The highest BCUT2D eigenvalue weighted by Gasteiger charge is 2.25. The van der Waals surface area contributed by atoms with Crippen LogP contribution in [0.2, 0.25) is 0 Å². The summed E-state index contributed by atoms with van der Waals surface area (Å²) in [5.41, 5.74) is 11.9. The van der Waals surface area contributed by atoms with Crippen LogP contribution in [0.5, 0.6) is 5.75 Å². The highest BCUT2D eigenvalue weighted by atomic mass is 16.5. The summed E-state index contributed by atoms with van der Waals surface area (Å²) < 4.78 is 6.06. The SMILES string of the molecule is CC(C)c1cccc(C(C)C)c1-c1cccc2c1C(C(N)=O)=c1ccccc1=CO2. The van der Waals surface area contributed by atoms with Gasteiger partial charge >= 0.3 is 0 Å². The lowest BCUT2D eigenvalue weighted by Crippen LogP contribution is -2.31. The molecule has 152 valence electrons. The zero-order valence-electron chi connectivity index (χ0n) is 17.9. The molecule has 0 atom stereocenters. The fraction of sp³-hybridized carbons (Fsp3) is 0.222. The molecule has 0 radical (unpaired) electrons. The zero-order chi connectivity index (χ0) is 21.4. The van der Waals surface area contributed by atoms with E-state index in [0.717, 1.165) is 21.6 Å². The minimum absolute atomic E-state index is 0.331. The van der Waals surface area contributed by atoms with Gasteiger partial charge in [-0.3, -0.25) is 4.79 Å². The topological polar surface area (TPSA) is 52.3 Å². The predicted molar refractivity (Wildman–Crippen MR) is 123 cm³/mol. The Morgan fingerprint density at radius 1 is 0.800 bits per heavy atom. The molecule has 0 fully saturated rings. The van der Waals surface area contributed by atoms with Crippen LogP contribution in [-0.2, 0) is 4.79 Å². The number of ether oxygens (including phenoxy) is 1. The molecule has 0 spiro atoms. The minimum atomic E-state index is -0.455. The molecule has 2 N–H and O–H groups in total. The summed E-state index contributed by atoms with van der Waals surface area (Å²) >= 11 is 0. The van der Waals surface area contributed by atoms with Gasteiger partial charge in [-0.05, 0) is 45.4 Å². The number of hydrogen-bond acceptors (Lipinski definition) is 2. The first-order chi connectivity index (χ1) is 14.4. The normalized spacial score (nSPS) is 12.7. The van der Waals surface area contributed by atoms with Crippen LogP contribution in [0.15, 0.2) is 60.7 Å². The Hall–Kier alpha value is -3.33. The van der Waals surface area contributed by atoms with Crippen molar-refractivity contribution in [3.05, 3.63) is 87.8 Å². The number of amides is 1. The number of nitrogens with two attached hydrogens (primary N) is 1. The maximum absolute atomic E-state index is 12.8. The fourth-order valence-electron chi connectivity index (χ4n) is 4.30. The van der Waals surface area contributed by atoms with Gasteiger partial charge in [0.25, 0.3) is 0 Å². The molecule has 3 nitrogen and oxygen atoms in total. The van der Waals surface area contributed by atoms with Crippen LogP contribution in [0, 0.1) is 0 Å². The molecule has 1 amide bonds.